The summed E-state index contributed by atoms with van der Waals surface area (Å²) in [6.07, 6.45) is 0. The summed E-state index contributed by atoms with van der Waals surface area (Å²) in [6, 6.07) is 9.72. The number of alkyl halides is 3. The SMILES string of the molecule is O=S(=O)(Nc1ccc(O)c(NS(=O)(=O)C(F)(F)F)c1)c1ccccc1. The molecule has 2 rings (SSSR count). The number of anilines is 2. The molecular formula is C13H11F3N2O5S2. The van der Waals surface area contributed by atoms with Crippen LogP contribution in [0.4, 0.5) is 24.5 Å². The molecular weight excluding hydrogens is 385 g/mol. The number of phenols is 1. The topological polar surface area (TPSA) is 113 Å². The molecule has 0 saturated heterocycles. The van der Waals surface area contributed by atoms with Gasteiger partial charge in [0.15, 0.2) is 0 Å². The number of hydrogen-bond acceptors (Lipinski definition) is 5. The number of hydrogen-bond donors (Lipinski definition) is 3. The molecule has 0 amide bonds. The molecule has 0 radical (unpaired) electrons. The monoisotopic (exact) mass is 396 g/mol. The highest BCUT2D eigenvalue weighted by Crippen LogP contribution is 2.32. The normalized spacial score (nSPS) is 12.6. The second kappa shape index (κ2) is 6.44. The molecule has 0 spiro atoms. The standard InChI is InChI=1S/C13H11F3N2O5S2/c14-13(15,16)25(22,23)18-11-8-9(6-7-12(11)19)17-24(20,21)10-4-2-1-3-5-10/h1-8,17-19H. The molecule has 0 aliphatic rings. The van der Waals surface area contributed by atoms with Gasteiger partial charge in [0.2, 0.25) is 0 Å². The zero-order valence-corrected chi connectivity index (χ0v) is 13.8. The first kappa shape index (κ1) is 18.9. The summed E-state index contributed by atoms with van der Waals surface area (Å²) in [5.74, 6) is -0.810. The van der Waals surface area contributed by atoms with E-state index in [1.54, 1.807) is 6.07 Å². The minimum atomic E-state index is -5.77. The van der Waals surface area contributed by atoms with Gasteiger partial charge in [-0.1, -0.05) is 18.2 Å². The lowest BCUT2D eigenvalue weighted by atomic mass is 10.3. The summed E-state index contributed by atoms with van der Waals surface area (Å²) in [4.78, 5) is -0.111. The molecule has 0 aromatic heterocycles. The molecule has 136 valence electrons. The van der Waals surface area contributed by atoms with E-state index in [0.29, 0.717) is 0 Å². The van der Waals surface area contributed by atoms with E-state index >= 15 is 0 Å². The van der Waals surface area contributed by atoms with E-state index in [0.717, 1.165) is 22.9 Å². The van der Waals surface area contributed by atoms with E-state index in [1.807, 2.05) is 0 Å². The van der Waals surface area contributed by atoms with Crippen LogP contribution in [-0.4, -0.2) is 27.5 Å². The van der Waals surface area contributed by atoms with Gasteiger partial charge in [0.1, 0.15) is 5.75 Å². The van der Waals surface area contributed by atoms with Gasteiger partial charge in [-0.25, -0.2) is 8.42 Å². The van der Waals surface area contributed by atoms with E-state index in [9.17, 15) is 35.1 Å². The molecule has 0 bridgehead atoms. The molecule has 0 aliphatic heterocycles. The van der Waals surface area contributed by atoms with E-state index in [2.05, 4.69) is 4.72 Å². The van der Waals surface area contributed by atoms with Crippen LogP contribution in [0.15, 0.2) is 53.4 Å². The lowest BCUT2D eigenvalue weighted by molar-refractivity contribution is -0.0429. The molecule has 0 saturated carbocycles. The van der Waals surface area contributed by atoms with Crippen LogP contribution in [-0.2, 0) is 20.0 Å². The number of nitrogens with one attached hydrogen (secondary N) is 2. The largest absolute Gasteiger partial charge is 0.516 e. The van der Waals surface area contributed by atoms with Crippen molar-refractivity contribution in [2.75, 3.05) is 9.44 Å². The van der Waals surface area contributed by atoms with Crippen LogP contribution in [0.1, 0.15) is 0 Å². The Morgan fingerprint density at radius 1 is 0.880 bits per heavy atom. The third kappa shape index (κ3) is 4.33. The van der Waals surface area contributed by atoms with Crippen molar-refractivity contribution in [2.24, 2.45) is 0 Å². The third-order valence-electron chi connectivity index (χ3n) is 2.85. The van der Waals surface area contributed by atoms with Crippen molar-refractivity contribution in [3.05, 3.63) is 48.5 Å². The summed E-state index contributed by atoms with van der Waals surface area (Å²) in [7, 11) is -9.82. The van der Waals surface area contributed by atoms with Crippen molar-refractivity contribution in [1.82, 2.24) is 0 Å². The maximum absolute atomic E-state index is 12.4. The van der Waals surface area contributed by atoms with Crippen molar-refractivity contribution in [1.29, 1.82) is 0 Å². The van der Waals surface area contributed by atoms with Crippen LogP contribution < -0.4 is 9.44 Å². The van der Waals surface area contributed by atoms with E-state index in [1.165, 1.54) is 24.3 Å². The van der Waals surface area contributed by atoms with Gasteiger partial charge in [0, 0.05) is 0 Å². The van der Waals surface area contributed by atoms with Crippen LogP contribution in [0.2, 0.25) is 0 Å². The molecule has 2 aromatic carbocycles. The first-order chi connectivity index (χ1) is 11.4. The minimum absolute atomic E-state index is 0.111. The van der Waals surface area contributed by atoms with Crippen LogP contribution in [0.5, 0.6) is 5.75 Å². The van der Waals surface area contributed by atoms with Crippen LogP contribution in [0.25, 0.3) is 0 Å². The van der Waals surface area contributed by atoms with Crippen LogP contribution in [0, 0.1) is 0 Å². The molecule has 0 heterocycles. The Hall–Kier alpha value is -2.47. The molecule has 0 fully saturated rings. The van der Waals surface area contributed by atoms with Crippen LogP contribution in [0.3, 0.4) is 0 Å². The van der Waals surface area contributed by atoms with Gasteiger partial charge in [-0.15, -0.1) is 0 Å². The van der Waals surface area contributed by atoms with Crippen molar-refractivity contribution in [2.45, 2.75) is 10.4 Å². The molecule has 25 heavy (non-hydrogen) atoms. The van der Waals surface area contributed by atoms with Gasteiger partial charge in [0.05, 0.1) is 16.3 Å². The summed E-state index contributed by atoms with van der Waals surface area (Å²) >= 11 is 0. The Labute approximate surface area is 141 Å². The Kier molecular flexibility index (Phi) is 4.86. The first-order valence-electron chi connectivity index (χ1n) is 6.42. The Morgan fingerprint density at radius 3 is 2.04 bits per heavy atom. The molecule has 12 heteroatoms. The number of benzene rings is 2. The fourth-order valence-corrected chi connectivity index (χ4v) is 3.34. The number of halogens is 3. The highest BCUT2D eigenvalue weighted by atomic mass is 32.2. The van der Waals surface area contributed by atoms with E-state index < -0.39 is 37.0 Å². The summed E-state index contributed by atoms with van der Waals surface area (Å²) in [5.41, 5.74) is -6.67. The Balaban J connectivity index is 2.34. The Morgan fingerprint density at radius 2 is 1.48 bits per heavy atom. The second-order valence-corrected chi connectivity index (χ2v) is 8.06. The highest BCUT2D eigenvalue weighted by molar-refractivity contribution is 7.93. The van der Waals surface area contributed by atoms with Gasteiger partial charge in [-0.3, -0.25) is 9.44 Å². The maximum Gasteiger partial charge on any atom is 0.516 e. The second-order valence-electron chi connectivity index (χ2n) is 4.70. The summed E-state index contributed by atoms with van der Waals surface area (Å²) < 4.78 is 86.9. The van der Waals surface area contributed by atoms with Gasteiger partial charge >= 0.3 is 15.5 Å². The maximum atomic E-state index is 12.4. The summed E-state index contributed by atoms with van der Waals surface area (Å²) in [6.45, 7) is 0. The third-order valence-corrected chi connectivity index (χ3v) is 5.35. The van der Waals surface area contributed by atoms with Crippen molar-refractivity contribution in [3.8, 4) is 5.75 Å². The minimum Gasteiger partial charge on any atom is -0.506 e. The van der Waals surface area contributed by atoms with E-state index in [4.69, 9.17) is 0 Å². The fourth-order valence-electron chi connectivity index (χ4n) is 1.70. The highest BCUT2D eigenvalue weighted by Gasteiger charge is 2.46. The van der Waals surface area contributed by atoms with Gasteiger partial charge in [0.25, 0.3) is 10.0 Å². The molecule has 0 unspecified atom stereocenters. The van der Waals surface area contributed by atoms with Gasteiger partial charge < -0.3 is 5.11 Å². The smallest absolute Gasteiger partial charge is 0.506 e. The predicted octanol–water partition coefficient (Wildman–Crippen LogP) is 2.45. The van der Waals surface area contributed by atoms with E-state index in [-0.39, 0.29) is 10.6 Å². The number of aromatic hydroxyl groups is 1. The van der Waals surface area contributed by atoms with Gasteiger partial charge in [-0.2, -0.15) is 21.6 Å². The van der Waals surface area contributed by atoms with Crippen molar-refractivity contribution >= 4 is 31.4 Å². The molecule has 0 atom stereocenters. The zero-order valence-electron chi connectivity index (χ0n) is 12.1. The number of phenolic OH excluding ortho intramolecular Hbond substituents is 1. The number of rotatable bonds is 5. The molecule has 2 aromatic rings. The average Bonchev–Trinajstić information content (AvgIpc) is 2.50. The predicted molar refractivity (Wildman–Crippen MR) is 84.0 cm³/mol. The molecule has 0 aliphatic carbocycles. The van der Waals surface area contributed by atoms with Crippen molar-refractivity contribution in [3.63, 3.8) is 0 Å². The first-order valence-corrected chi connectivity index (χ1v) is 9.39. The van der Waals surface area contributed by atoms with Crippen molar-refractivity contribution < 1.29 is 35.1 Å². The zero-order chi connectivity index (χ0) is 18.9. The summed E-state index contributed by atoms with van der Waals surface area (Å²) in [5, 5.41) is 9.51. The average molecular weight is 396 g/mol. The fraction of sp³-hybridized carbons (Fsp3) is 0.0769. The van der Waals surface area contributed by atoms with Crippen LogP contribution >= 0.6 is 0 Å². The lowest BCUT2D eigenvalue weighted by Crippen LogP contribution is -2.30. The quantitative estimate of drug-likeness (QED) is 0.531. The molecule has 7 nitrogen and oxygen atoms in total. The number of sulfonamides is 2. The lowest BCUT2D eigenvalue weighted by Gasteiger charge is -2.14. The molecule has 3 N–H and O–H groups in total. The Bertz CT molecular complexity index is 974. The van der Waals surface area contributed by atoms with Gasteiger partial charge in [-0.05, 0) is 30.3 Å².